The highest BCUT2D eigenvalue weighted by Gasteiger charge is 2.15. The fourth-order valence-electron chi connectivity index (χ4n) is 2.77. The molecule has 0 saturated carbocycles. The van der Waals surface area contributed by atoms with E-state index < -0.39 is 18.5 Å². The number of benzene rings is 2. The number of thiophene rings is 1. The molecule has 1 aromatic heterocycles. The quantitative estimate of drug-likeness (QED) is 0.571. The van der Waals surface area contributed by atoms with Crippen LogP contribution in [0.15, 0.2) is 53.9 Å². The molecule has 0 saturated heterocycles. The molecule has 27 heavy (non-hydrogen) atoms. The number of aromatic carboxylic acids is 1. The Balaban J connectivity index is 2.03. The van der Waals surface area contributed by atoms with Gasteiger partial charge < -0.3 is 20.1 Å². The number of carbonyl (C=O) groups is 2. The van der Waals surface area contributed by atoms with Gasteiger partial charge in [-0.3, -0.25) is 0 Å². The molecule has 0 aliphatic carbocycles. The van der Waals surface area contributed by atoms with Crippen LogP contribution in [0.3, 0.4) is 0 Å². The molecule has 7 heteroatoms. The molecule has 3 rings (SSSR count). The van der Waals surface area contributed by atoms with Crippen LogP contribution in [0, 0.1) is 0 Å². The van der Waals surface area contributed by atoms with Crippen molar-refractivity contribution in [1.82, 2.24) is 0 Å². The molecule has 138 valence electrons. The predicted octanol–water partition coefficient (Wildman–Crippen LogP) is 3.87. The molecule has 0 atom stereocenters. The van der Waals surface area contributed by atoms with Crippen molar-refractivity contribution < 1.29 is 29.6 Å². The summed E-state index contributed by atoms with van der Waals surface area (Å²) in [7, 11) is 0. The van der Waals surface area contributed by atoms with Gasteiger partial charge in [0.05, 0.1) is 0 Å². The van der Waals surface area contributed by atoms with Gasteiger partial charge in [0.25, 0.3) is 0 Å². The van der Waals surface area contributed by atoms with E-state index in [0.717, 1.165) is 28.0 Å². The number of aliphatic carboxylic acids is 1. The molecule has 3 N–H and O–H groups in total. The van der Waals surface area contributed by atoms with Crippen LogP contribution in [0.1, 0.15) is 20.8 Å². The van der Waals surface area contributed by atoms with Crippen molar-refractivity contribution in [2.75, 3.05) is 6.61 Å². The second kappa shape index (κ2) is 7.92. The minimum Gasteiger partial charge on any atom is -0.508 e. The third-order valence-electron chi connectivity index (χ3n) is 3.92. The van der Waals surface area contributed by atoms with E-state index in [0.29, 0.717) is 17.7 Å². The second-order valence-electron chi connectivity index (χ2n) is 5.81. The van der Waals surface area contributed by atoms with Crippen molar-refractivity contribution in [2.45, 2.75) is 6.42 Å². The van der Waals surface area contributed by atoms with Crippen LogP contribution in [0.25, 0.3) is 11.1 Å². The van der Waals surface area contributed by atoms with Crippen LogP contribution in [0.2, 0.25) is 0 Å². The van der Waals surface area contributed by atoms with E-state index in [4.69, 9.17) is 9.84 Å². The first-order valence-corrected chi connectivity index (χ1v) is 8.88. The first kappa shape index (κ1) is 18.5. The van der Waals surface area contributed by atoms with E-state index in [1.807, 2.05) is 6.07 Å². The Morgan fingerprint density at radius 3 is 2.52 bits per heavy atom. The summed E-state index contributed by atoms with van der Waals surface area (Å²) in [6.45, 7) is -0.469. The van der Waals surface area contributed by atoms with Crippen LogP contribution >= 0.6 is 11.3 Å². The average Bonchev–Trinajstić information content (AvgIpc) is 3.08. The lowest BCUT2D eigenvalue weighted by molar-refractivity contribution is -0.139. The third-order valence-corrected chi connectivity index (χ3v) is 4.86. The summed E-state index contributed by atoms with van der Waals surface area (Å²) in [5, 5.41) is 29.6. The summed E-state index contributed by atoms with van der Waals surface area (Å²) < 4.78 is 5.26. The normalized spacial score (nSPS) is 10.5. The maximum absolute atomic E-state index is 11.4. The fourth-order valence-corrected chi connectivity index (χ4v) is 3.53. The minimum absolute atomic E-state index is 0.117. The predicted molar refractivity (Wildman–Crippen MR) is 101 cm³/mol. The van der Waals surface area contributed by atoms with Gasteiger partial charge in [-0.25, -0.2) is 9.59 Å². The smallest absolute Gasteiger partial charge is 0.346 e. The summed E-state index contributed by atoms with van der Waals surface area (Å²) in [4.78, 5) is 22.4. The van der Waals surface area contributed by atoms with Crippen molar-refractivity contribution in [3.8, 4) is 22.6 Å². The fraction of sp³-hybridized carbons (Fsp3) is 0.100. The maximum atomic E-state index is 11.4. The second-order valence-corrected chi connectivity index (χ2v) is 6.72. The van der Waals surface area contributed by atoms with Gasteiger partial charge >= 0.3 is 11.9 Å². The van der Waals surface area contributed by atoms with Crippen molar-refractivity contribution in [2.24, 2.45) is 0 Å². The van der Waals surface area contributed by atoms with Crippen LogP contribution in [-0.4, -0.2) is 33.9 Å². The number of hydrogen-bond donors (Lipinski definition) is 3. The van der Waals surface area contributed by atoms with Crippen LogP contribution in [-0.2, 0) is 11.2 Å². The highest BCUT2D eigenvalue weighted by molar-refractivity contribution is 7.12. The van der Waals surface area contributed by atoms with Gasteiger partial charge in [0.1, 0.15) is 16.4 Å². The Kier molecular flexibility index (Phi) is 5.42. The van der Waals surface area contributed by atoms with Gasteiger partial charge in [-0.15, -0.1) is 11.3 Å². The molecule has 0 fully saturated rings. The molecular formula is C20H16O6S. The molecule has 6 nitrogen and oxygen atoms in total. The Bertz CT molecular complexity index is 992. The van der Waals surface area contributed by atoms with Crippen molar-refractivity contribution in [1.29, 1.82) is 0 Å². The zero-order chi connectivity index (χ0) is 19.4. The molecule has 1 heterocycles. The zero-order valence-electron chi connectivity index (χ0n) is 14.1. The molecule has 2 aromatic carbocycles. The number of phenolic OH excluding ortho intramolecular Hbond substituents is 1. The SMILES string of the molecule is O=C(O)COc1ccc(-c2cccc(O)c2)c(Cc2ccsc2C(=O)O)c1. The molecule has 0 aliphatic heterocycles. The molecule has 0 aliphatic rings. The van der Waals surface area contributed by atoms with Crippen molar-refractivity contribution in [3.05, 3.63) is 69.9 Å². The van der Waals surface area contributed by atoms with Gasteiger partial charge in [-0.2, -0.15) is 0 Å². The zero-order valence-corrected chi connectivity index (χ0v) is 14.9. The van der Waals surface area contributed by atoms with E-state index in [9.17, 15) is 19.8 Å². The summed E-state index contributed by atoms with van der Waals surface area (Å²) in [6, 6.07) is 13.6. The lowest BCUT2D eigenvalue weighted by Crippen LogP contribution is -2.09. The van der Waals surface area contributed by atoms with Gasteiger partial charge in [0.15, 0.2) is 6.61 Å². The van der Waals surface area contributed by atoms with Crippen molar-refractivity contribution in [3.63, 3.8) is 0 Å². The van der Waals surface area contributed by atoms with E-state index in [-0.39, 0.29) is 10.6 Å². The number of ether oxygens (including phenoxy) is 1. The summed E-state index contributed by atoms with van der Waals surface area (Å²) in [6.07, 6.45) is 0.334. The van der Waals surface area contributed by atoms with Gasteiger partial charge in [-0.05, 0) is 64.4 Å². The number of rotatable bonds is 7. The monoisotopic (exact) mass is 384 g/mol. The van der Waals surface area contributed by atoms with Crippen LogP contribution < -0.4 is 4.74 Å². The van der Waals surface area contributed by atoms with Crippen LogP contribution in [0.5, 0.6) is 11.5 Å². The average molecular weight is 384 g/mol. The molecule has 0 bridgehead atoms. The van der Waals surface area contributed by atoms with Gasteiger partial charge in [0.2, 0.25) is 0 Å². The van der Waals surface area contributed by atoms with Gasteiger partial charge in [-0.1, -0.05) is 18.2 Å². The lowest BCUT2D eigenvalue weighted by atomic mass is 9.94. The molecule has 0 unspecified atom stereocenters. The number of hydrogen-bond acceptors (Lipinski definition) is 5. The molecule has 0 amide bonds. The summed E-state index contributed by atoms with van der Waals surface area (Å²) in [5.74, 6) is -1.58. The van der Waals surface area contributed by atoms with Crippen LogP contribution in [0.4, 0.5) is 0 Å². The number of carboxylic acid groups (broad SMARTS) is 2. The minimum atomic E-state index is -1.08. The Labute approximate surface area is 158 Å². The van der Waals surface area contributed by atoms with E-state index in [1.165, 1.54) is 0 Å². The Hall–Kier alpha value is -3.32. The Morgan fingerprint density at radius 1 is 1.00 bits per heavy atom. The first-order valence-electron chi connectivity index (χ1n) is 8.00. The topological polar surface area (TPSA) is 104 Å². The molecular weight excluding hydrogens is 368 g/mol. The van der Waals surface area contributed by atoms with Gasteiger partial charge in [0, 0.05) is 0 Å². The first-order chi connectivity index (χ1) is 12.9. The van der Waals surface area contributed by atoms with E-state index >= 15 is 0 Å². The highest BCUT2D eigenvalue weighted by Crippen LogP contribution is 2.32. The largest absolute Gasteiger partial charge is 0.508 e. The molecule has 0 radical (unpaired) electrons. The number of carboxylic acids is 2. The van der Waals surface area contributed by atoms with E-state index in [1.54, 1.807) is 47.8 Å². The lowest BCUT2D eigenvalue weighted by Gasteiger charge is -2.13. The number of phenols is 1. The third kappa shape index (κ3) is 4.45. The standard InChI is InChI=1S/C20H16O6S/c21-15-3-1-2-12(9-15)17-5-4-16(26-11-18(22)23)10-14(17)8-13-6-7-27-19(13)20(24)25/h1-7,9-10,21H,8,11H2,(H,22,23)(H,24,25). The highest BCUT2D eigenvalue weighted by atomic mass is 32.1. The summed E-state index contributed by atoms with van der Waals surface area (Å²) >= 11 is 1.15. The molecule has 0 spiro atoms. The van der Waals surface area contributed by atoms with E-state index in [2.05, 4.69) is 0 Å². The maximum Gasteiger partial charge on any atom is 0.346 e. The number of aromatic hydroxyl groups is 1. The molecule has 3 aromatic rings. The Morgan fingerprint density at radius 2 is 1.81 bits per heavy atom. The van der Waals surface area contributed by atoms with Crippen molar-refractivity contribution >= 4 is 23.3 Å². The summed E-state index contributed by atoms with van der Waals surface area (Å²) in [5.41, 5.74) is 2.99.